The number of methoxy groups -OCH3 is 1. The molecule has 0 saturated carbocycles. The number of carbonyl (C=O) groups is 1. The number of nitrogens with one attached hydrogen (secondary N) is 1. The van der Waals surface area contributed by atoms with Crippen LogP contribution in [0.5, 0.6) is 5.75 Å². The van der Waals surface area contributed by atoms with E-state index in [1.165, 1.54) is 11.8 Å². The van der Waals surface area contributed by atoms with Crippen LogP contribution in [0.15, 0.2) is 59.6 Å². The number of nitrogens with zero attached hydrogens (tertiary/aromatic N) is 3. The molecule has 0 fully saturated rings. The van der Waals surface area contributed by atoms with E-state index in [2.05, 4.69) is 21.4 Å². The number of thioether (sulfide) groups is 1. The molecule has 1 amide bonds. The lowest BCUT2D eigenvalue weighted by Crippen LogP contribution is -2.19. The summed E-state index contributed by atoms with van der Waals surface area (Å²) in [7, 11) is 1.59. The highest BCUT2D eigenvalue weighted by Gasteiger charge is 2.25. The number of aryl methyl sites for hydroxylation is 2. The third-order valence-electron chi connectivity index (χ3n) is 4.21. The standard InChI is InChI=1S/C22H20N4O2S/c1-14-19(13-23)22(25-15(2)24-14)29-20(16-7-5-4-6-8-16)21(27)26-17-9-11-18(28-3)12-10-17/h4-12,20H,1-3H3,(H,26,27). The highest BCUT2D eigenvalue weighted by atomic mass is 32.2. The molecule has 7 heteroatoms. The number of nitriles is 1. The van der Waals surface area contributed by atoms with Crippen molar-refractivity contribution in [2.75, 3.05) is 12.4 Å². The van der Waals surface area contributed by atoms with Crippen molar-refractivity contribution in [2.24, 2.45) is 0 Å². The van der Waals surface area contributed by atoms with Crippen LogP contribution in [0.1, 0.15) is 27.9 Å². The summed E-state index contributed by atoms with van der Waals surface area (Å²) in [5.41, 5.74) is 2.47. The summed E-state index contributed by atoms with van der Waals surface area (Å²) in [5, 5.41) is 12.4. The molecule has 0 aliphatic heterocycles. The second kappa shape index (κ2) is 9.22. The van der Waals surface area contributed by atoms with Crippen LogP contribution < -0.4 is 10.1 Å². The van der Waals surface area contributed by atoms with Crippen molar-refractivity contribution in [3.63, 3.8) is 0 Å². The van der Waals surface area contributed by atoms with E-state index >= 15 is 0 Å². The second-order valence-corrected chi connectivity index (χ2v) is 7.37. The van der Waals surface area contributed by atoms with Gasteiger partial charge >= 0.3 is 0 Å². The Balaban J connectivity index is 1.93. The van der Waals surface area contributed by atoms with Gasteiger partial charge in [-0.3, -0.25) is 4.79 Å². The van der Waals surface area contributed by atoms with E-state index in [1.54, 1.807) is 45.2 Å². The van der Waals surface area contributed by atoms with E-state index in [0.29, 0.717) is 33.5 Å². The molecule has 146 valence electrons. The Bertz CT molecular complexity index is 1050. The number of aromatic nitrogens is 2. The zero-order valence-electron chi connectivity index (χ0n) is 16.3. The van der Waals surface area contributed by atoms with Crippen molar-refractivity contribution in [1.29, 1.82) is 5.26 Å². The van der Waals surface area contributed by atoms with E-state index in [9.17, 15) is 10.1 Å². The van der Waals surface area contributed by atoms with Gasteiger partial charge in [-0.25, -0.2) is 9.97 Å². The zero-order valence-corrected chi connectivity index (χ0v) is 17.2. The van der Waals surface area contributed by atoms with Crippen molar-refractivity contribution >= 4 is 23.4 Å². The Morgan fingerprint density at radius 1 is 1.10 bits per heavy atom. The quantitative estimate of drug-likeness (QED) is 0.482. The molecule has 3 aromatic rings. The number of benzene rings is 2. The molecule has 0 bridgehead atoms. The Labute approximate surface area is 174 Å². The maximum Gasteiger partial charge on any atom is 0.242 e. The first kappa shape index (κ1) is 20.4. The molecule has 1 aromatic heterocycles. The van der Waals surface area contributed by atoms with Crippen LogP contribution in [0, 0.1) is 25.2 Å². The van der Waals surface area contributed by atoms with Gasteiger partial charge in [-0.2, -0.15) is 5.26 Å². The van der Waals surface area contributed by atoms with Crippen molar-refractivity contribution in [2.45, 2.75) is 24.1 Å². The molecule has 29 heavy (non-hydrogen) atoms. The maximum absolute atomic E-state index is 13.2. The third kappa shape index (κ3) is 4.92. The highest BCUT2D eigenvalue weighted by molar-refractivity contribution is 8.00. The fraction of sp³-hybridized carbons (Fsp3) is 0.182. The number of hydrogen-bond acceptors (Lipinski definition) is 6. The minimum Gasteiger partial charge on any atom is -0.497 e. The van der Waals surface area contributed by atoms with Gasteiger partial charge < -0.3 is 10.1 Å². The lowest BCUT2D eigenvalue weighted by molar-refractivity contribution is -0.115. The molecule has 2 aromatic carbocycles. The third-order valence-corrected chi connectivity index (χ3v) is 5.45. The molecule has 1 atom stereocenters. The summed E-state index contributed by atoms with van der Waals surface area (Å²) in [4.78, 5) is 21.8. The van der Waals surface area contributed by atoms with Gasteiger partial charge in [0.25, 0.3) is 0 Å². The fourth-order valence-corrected chi connectivity index (χ4v) is 3.97. The number of carbonyl (C=O) groups excluding carboxylic acids is 1. The number of anilines is 1. The molecule has 0 saturated heterocycles. The predicted molar refractivity (Wildman–Crippen MR) is 113 cm³/mol. The van der Waals surface area contributed by atoms with E-state index in [1.807, 2.05) is 30.3 Å². The molecule has 0 aliphatic rings. The average molecular weight is 404 g/mol. The van der Waals surface area contributed by atoms with E-state index in [-0.39, 0.29) is 5.91 Å². The SMILES string of the molecule is COc1ccc(NC(=O)C(Sc2nc(C)nc(C)c2C#N)c2ccccc2)cc1. The Morgan fingerprint density at radius 3 is 2.41 bits per heavy atom. The van der Waals surface area contributed by atoms with Gasteiger partial charge in [0, 0.05) is 5.69 Å². The lowest BCUT2D eigenvalue weighted by Gasteiger charge is -2.18. The molecule has 0 radical (unpaired) electrons. The molecular weight excluding hydrogens is 384 g/mol. The molecule has 1 N–H and O–H groups in total. The van der Waals surface area contributed by atoms with E-state index in [4.69, 9.17) is 4.74 Å². The van der Waals surface area contributed by atoms with Gasteiger partial charge in [0.2, 0.25) is 5.91 Å². The molecule has 0 aliphatic carbocycles. The summed E-state index contributed by atoms with van der Waals surface area (Å²) in [6.45, 7) is 3.54. The molecular formula is C22H20N4O2S. The van der Waals surface area contributed by atoms with Crippen molar-refractivity contribution in [3.8, 4) is 11.8 Å². The highest BCUT2D eigenvalue weighted by Crippen LogP contribution is 2.37. The topological polar surface area (TPSA) is 87.9 Å². The van der Waals surface area contributed by atoms with Gasteiger partial charge in [-0.15, -0.1) is 0 Å². The van der Waals surface area contributed by atoms with Crippen molar-refractivity contribution < 1.29 is 9.53 Å². The lowest BCUT2D eigenvalue weighted by atomic mass is 10.1. The first-order valence-corrected chi connectivity index (χ1v) is 9.81. The van der Waals surface area contributed by atoms with Crippen LogP contribution in [-0.4, -0.2) is 23.0 Å². The van der Waals surface area contributed by atoms with Crippen LogP contribution in [0.4, 0.5) is 5.69 Å². The normalized spacial score (nSPS) is 11.4. The summed E-state index contributed by atoms with van der Waals surface area (Å²) in [5.74, 6) is 1.07. The van der Waals surface area contributed by atoms with E-state index < -0.39 is 5.25 Å². The fourth-order valence-electron chi connectivity index (χ4n) is 2.79. The Kier molecular flexibility index (Phi) is 6.47. The monoisotopic (exact) mass is 404 g/mol. The van der Waals surface area contributed by atoms with Crippen LogP contribution in [0.2, 0.25) is 0 Å². The molecule has 6 nitrogen and oxygen atoms in total. The van der Waals surface area contributed by atoms with Gasteiger partial charge in [0.15, 0.2) is 0 Å². The minimum absolute atomic E-state index is 0.204. The van der Waals surface area contributed by atoms with Crippen molar-refractivity contribution in [3.05, 3.63) is 77.2 Å². The first-order valence-electron chi connectivity index (χ1n) is 8.93. The van der Waals surface area contributed by atoms with Gasteiger partial charge in [0.05, 0.1) is 12.8 Å². The predicted octanol–water partition coefficient (Wildman–Crippen LogP) is 4.45. The van der Waals surface area contributed by atoms with Crippen LogP contribution in [-0.2, 0) is 4.79 Å². The summed E-state index contributed by atoms with van der Waals surface area (Å²) in [6, 6.07) is 18.7. The summed E-state index contributed by atoms with van der Waals surface area (Å²) in [6.07, 6.45) is 0. The number of hydrogen-bond donors (Lipinski definition) is 1. The minimum atomic E-state index is -0.584. The first-order chi connectivity index (χ1) is 14.0. The van der Waals surface area contributed by atoms with Crippen LogP contribution in [0.3, 0.4) is 0 Å². The largest absolute Gasteiger partial charge is 0.497 e. The number of amides is 1. The van der Waals surface area contributed by atoms with Crippen LogP contribution in [0.25, 0.3) is 0 Å². The molecule has 3 rings (SSSR count). The summed E-state index contributed by atoms with van der Waals surface area (Å²) >= 11 is 1.25. The van der Waals surface area contributed by atoms with Crippen molar-refractivity contribution in [1.82, 2.24) is 9.97 Å². The van der Waals surface area contributed by atoms with Gasteiger partial charge in [-0.05, 0) is 43.7 Å². The Morgan fingerprint density at radius 2 is 1.79 bits per heavy atom. The Hall–Kier alpha value is -3.37. The van der Waals surface area contributed by atoms with Gasteiger partial charge in [-0.1, -0.05) is 42.1 Å². The smallest absolute Gasteiger partial charge is 0.242 e. The average Bonchev–Trinajstić information content (AvgIpc) is 2.73. The second-order valence-electron chi connectivity index (χ2n) is 6.27. The maximum atomic E-state index is 13.2. The van der Waals surface area contributed by atoms with Crippen LogP contribution >= 0.6 is 11.8 Å². The zero-order chi connectivity index (χ0) is 20.8. The molecule has 1 unspecified atom stereocenters. The van der Waals surface area contributed by atoms with Gasteiger partial charge in [0.1, 0.15) is 33.5 Å². The van der Waals surface area contributed by atoms with E-state index in [0.717, 1.165) is 5.56 Å². The number of rotatable bonds is 6. The molecule has 0 spiro atoms. The molecule has 1 heterocycles. The number of ether oxygens (including phenoxy) is 1. The summed E-state index contributed by atoms with van der Waals surface area (Å²) < 4.78 is 5.16.